The number of hydrogen-bond donors (Lipinski definition) is 0. The largest absolute Gasteiger partial charge is 0.468 e. The highest BCUT2D eigenvalue weighted by Crippen LogP contribution is 2.38. The van der Waals surface area contributed by atoms with E-state index in [1.54, 1.807) is 0 Å². The van der Waals surface area contributed by atoms with Crippen LogP contribution in [0.15, 0.2) is 30.3 Å². The molecule has 1 aliphatic rings. The van der Waals surface area contributed by atoms with Crippen LogP contribution in [0.1, 0.15) is 19.4 Å². The quantitative estimate of drug-likeness (QED) is 0.748. The van der Waals surface area contributed by atoms with Crippen molar-refractivity contribution >= 4 is 5.97 Å². The van der Waals surface area contributed by atoms with Gasteiger partial charge in [0.05, 0.1) is 7.11 Å². The minimum atomic E-state index is -0.128. The van der Waals surface area contributed by atoms with Gasteiger partial charge in [-0.2, -0.15) is 0 Å². The summed E-state index contributed by atoms with van der Waals surface area (Å²) in [5.41, 5.74) is 1.25. The summed E-state index contributed by atoms with van der Waals surface area (Å²) in [5, 5.41) is 0. The number of carbonyl (C=O) groups excluding carboxylic acids is 1. The van der Waals surface area contributed by atoms with E-state index in [1.807, 2.05) is 18.2 Å². The van der Waals surface area contributed by atoms with Gasteiger partial charge in [-0.05, 0) is 5.56 Å². The van der Waals surface area contributed by atoms with Gasteiger partial charge in [-0.3, -0.25) is 9.69 Å². The molecule has 0 amide bonds. The molecule has 3 nitrogen and oxygen atoms in total. The van der Waals surface area contributed by atoms with Crippen molar-refractivity contribution in [2.75, 3.05) is 13.7 Å². The van der Waals surface area contributed by atoms with Gasteiger partial charge in [0.25, 0.3) is 0 Å². The topological polar surface area (TPSA) is 29.5 Å². The summed E-state index contributed by atoms with van der Waals surface area (Å²) in [7, 11) is 1.46. The van der Waals surface area contributed by atoms with Crippen molar-refractivity contribution in [2.45, 2.75) is 26.4 Å². The summed E-state index contributed by atoms with van der Waals surface area (Å²) < 4.78 is 4.88. The molecule has 1 aromatic carbocycles. The van der Waals surface area contributed by atoms with Gasteiger partial charge in [-0.25, -0.2) is 0 Å². The first-order chi connectivity index (χ1) is 8.04. The molecule has 1 unspecified atom stereocenters. The van der Waals surface area contributed by atoms with Crippen LogP contribution in [0.4, 0.5) is 0 Å². The second-order valence-electron chi connectivity index (χ2n) is 5.30. The third-order valence-corrected chi connectivity index (χ3v) is 3.37. The highest BCUT2D eigenvalue weighted by Gasteiger charge is 2.50. The van der Waals surface area contributed by atoms with Crippen molar-refractivity contribution in [3.05, 3.63) is 35.9 Å². The normalized spacial score (nSPS) is 22.9. The van der Waals surface area contributed by atoms with E-state index >= 15 is 0 Å². The maximum absolute atomic E-state index is 11.7. The van der Waals surface area contributed by atoms with E-state index in [-0.39, 0.29) is 17.4 Å². The first-order valence-corrected chi connectivity index (χ1v) is 5.90. The zero-order chi connectivity index (χ0) is 12.5. The van der Waals surface area contributed by atoms with Crippen LogP contribution < -0.4 is 0 Å². The lowest BCUT2D eigenvalue weighted by atomic mass is 9.74. The van der Waals surface area contributed by atoms with E-state index < -0.39 is 0 Å². The van der Waals surface area contributed by atoms with Gasteiger partial charge in [-0.15, -0.1) is 0 Å². The van der Waals surface area contributed by atoms with Gasteiger partial charge in [0.2, 0.25) is 0 Å². The van der Waals surface area contributed by atoms with E-state index in [9.17, 15) is 4.79 Å². The Labute approximate surface area is 102 Å². The number of carbonyl (C=O) groups is 1. The molecule has 17 heavy (non-hydrogen) atoms. The van der Waals surface area contributed by atoms with E-state index in [2.05, 4.69) is 30.9 Å². The van der Waals surface area contributed by atoms with Crippen molar-refractivity contribution in [3.63, 3.8) is 0 Å². The highest BCUT2D eigenvalue weighted by molar-refractivity contribution is 5.78. The summed E-state index contributed by atoms with van der Waals surface area (Å²) in [6.07, 6.45) is 0. The maximum Gasteiger partial charge on any atom is 0.323 e. The zero-order valence-corrected chi connectivity index (χ0v) is 10.6. The van der Waals surface area contributed by atoms with Crippen molar-refractivity contribution in [1.82, 2.24) is 4.90 Å². The summed E-state index contributed by atoms with van der Waals surface area (Å²) in [6.45, 7) is 5.96. The van der Waals surface area contributed by atoms with Gasteiger partial charge in [0.15, 0.2) is 0 Å². The average Bonchev–Trinajstić information content (AvgIpc) is 2.28. The fourth-order valence-electron chi connectivity index (χ4n) is 2.63. The molecule has 92 valence electrons. The SMILES string of the molecule is COC(=O)C1N(Cc2ccccc2)CC1(C)C. The smallest absolute Gasteiger partial charge is 0.323 e. The molecular formula is C14H19NO2. The van der Waals surface area contributed by atoms with Crippen LogP contribution in [-0.2, 0) is 16.1 Å². The molecule has 1 fully saturated rings. The Hall–Kier alpha value is -1.35. The van der Waals surface area contributed by atoms with Crippen molar-refractivity contribution < 1.29 is 9.53 Å². The van der Waals surface area contributed by atoms with Crippen molar-refractivity contribution in [3.8, 4) is 0 Å². The first kappa shape index (κ1) is 12.1. The van der Waals surface area contributed by atoms with Crippen LogP contribution in [-0.4, -0.2) is 30.6 Å². The van der Waals surface area contributed by atoms with E-state index in [0.717, 1.165) is 13.1 Å². The van der Waals surface area contributed by atoms with Crippen LogP contribution in [0.3, 0.4) is 0 Å². The minimum absolute atomic E-state index is 0.0157. The Morgan fingerprint density at radius 1 is 1.41 bits per heavy atom. The molecule has 2 rings (SSSR count). The number of methoxy groups -OCH3 is 1. The average molecular weight is 233 g/mol. The van der Waals surface area contributed by atoms with Gasteiger partial charge in [0.1, 0.15) is 6.04 Å². The second kappa shape index (κ2) is 4.49. The molecule has 1 aromatic rings. The molecule has 0 aliphatic carbocycles. The second-order valence-corrected chi connectivity index (χ2v) is 5.30. The molecule has 0 radical (unpaired) electrons. The van der Waals surface area contributed by atoms with Crippen LogP contribution in [0.5, 0.6) is 0 Å². The summed E-state index contributed by atoms with van der Waals surface area (Å²) >= 11 is 0. The molecule has 0 bridgehead atoms. The lowest BCUT2D eigenvalue weighted by molar-refractivity contribution is -0.166. The maximum atomic E-state index is 11.7. The number of rotatable bonds is 3. The predicted molar refractivity (Wildman–Crippen MR) is 66.4 cm³/mol. The summed E-state index contributed by atoms with van der Waals surface area (Å²) in [5.74, 6) is -0.128. The van der Waals surface area contributed by atoms with Crippen LogP contribution >= 0.6 is 0 Å². The molecule has 0 aromatic heterocycles. The Balaban J connectivity index is 2.06. The van der Waals surface area contributed by atoms with Gasteiger partial charge in [0, 0.05) is 18.5 Å². The van der Waals surface area contributed by atoms with Gasteiger partial charge >= 0.3 is 5.97 Å². The molecule has 1 heterocycles. The van der Waals surface area contributed by atoms with Crippen LogP contribution in [0.25, 0.3) is 0 Å². The van der Waals surface area contributed by atoms with Gasteiger partial charge in [-0.1, -0.05) is 44.2 Å². The number of hydrogen-bond acceptors (Lipinski definition) is 3. The first-order valence-electron chi connectivity index (χ1n) is 5.90. The lowest BCUT2D eigenvalue weighted by Crippen LogP contribution is -2.65. The number of likely N-dealkylation sites (tertiary alicyclic amines) is 1. The lowest BCUT2D eigenvalue weighted by Gasteiger charge is -2.52. The van der Waals surface area contributed by atoms with Crippen molar-refractivity contribution in [1.29, 1.82) is 0 Å². The highest BCUT2D eigenvalue weighted by atomic mass is 16.5. The standard InChI is InChI=1S/C14H19NO2/c1-14(2)10-15(12(14)13(16)17-3)9-11-7-5-4-6-8-11/h4-8,12H,9-10H2,1-3H3. The van der Waals surface area contributed by atoms with Crippen molar-refractivity contribution in [2.24, 2.45) is 5.41 Å². The molecule has 0 saturated carbocycles. The number of nitrogens with zero attached hydrogens (tertiary/aromatic N) is 1. The molecule has 1 aliphatic heterocycles. The Kier molecular flexibility index (Phi) is 3.20. The zero-order valence-electron chi connectivity index (χ0n) is 10.6. The Morgan fingerprint density at radius 3 is 2.59 bits per heavy atom. The fraction of sp³-hybridized carbons (Fsp3) is 0.500. The minimum Gasteiger partial charge on any atom is -0.468 e. The number of ether oxygens (including phenoxy) is 1. The number of benzene rings is 1. The molecule has 3 heteroatoms. The Morgan fingerprint density at radius 2 is 2.06 bits per heavy atom. The summed E-state index contributed by atoms with van der Waals surface area (Å²) in [6, 6.07) is 10.1. The van der Waals surface area contributed by atoms with Crippen LogP contribution in [0.2, 0.25) is 0 Å². The summed E-state index contributed by atoms with van der Waals surface area (Å²) in [4.78, 5) is 13.9. The number of esters is 1. The third-order valence-electron chi connectivity index (χ3n) is 3.37. The van der Waals surface area contributed by atoms with E-state index in [0.29, 0.717) is 0 Å². The van der Waals surface area contributed by atoms with Gasteiger partial charge < -0.3 is 4.74 Å². The Bertz CT molecular complexity index is 400. The van der Waals surface area contributed by atoms with E-state index in [4.69, 9.17) is 4.74 Å². The third kappa shape index (κ3) is 2.34. The fourth-order valence-corrected chi connectivity index (χ4v) is 2.63. The van der Waals surface area contributed by atoms with Crippen LogP contribution in [0, 0.1) is 5.41 Å². The molecular weight excluding hydrogens is 214 g/mol. The molecule has 0 N–H and O–H groups in total. The van der Waals surface area contributed by atoms with E-state index in [1.165, 1.54) is 12.7 Å². The molecule has 1 atom stereocenters. The molecule has 0 spiro atoms. The monoisotopic (exact) mass is 233 g/mol. The predicted octanol–water partition coefficient (Wildman–Crippen LogP) is 2.07. The molecule has 1 saturated heterocycles.